The Bertz CT molecular complexity index is 1030. The Kier molecular flexibility index (Phi) is 5.18. The van der Waals surface area contributed by atoms with Gasteiger partial charge in [0.05, 0.1) is 42.6 Å². The molecule has 8 nitrogen and oxygen atoms in total. The number of halogens is 1. The lowest BCUT2D eigenvalue weighted by Crippen LogP contribution is -2.17. The van der Waals surface area contributed by atoms with E-state index in [0.29, 0.717) is 22.1 Å². The predicted molar refractivity (Wildman–Crippen MR) is 99.0 cm³/mol. The molecule has 0 fully saturated rings. The minimum Gasteiger partial charge on any atom is -0.493 e. The molecule has 2 aromatic heterocycles. The molecule has 1 aromatic carbocycles. The predicted octanol–water partition coefficient (Wildman–Crippen LogP) is 2.88. The molecule has 0 saturated heterocycles. The molecular formula is C18H16ClN3O5. The van der Waals surface area contributed by atoms with E-state index >= 15 is 0 Å². The van der Waals surface area contributed by atoms with E-state index in [0.717, 1.165) is 0 Å². The Balaban J connectivity index is 1.84. The van der Waals surface area contributed by atoms with Crippen LogP contribution in [0.5, 0.6) is 11.5 Å². The Morgan fingerprint density at radius 3 is 2.56 bits per heavy atom. The third-order valence-corrected chi connectivity index (χ3v) is 4.06. The van der Waals surface area contributed by atoms with Gasteiger partial charge in [-0.3, -0.25) is 4.79 Å². The number of benzene rings is 1. The largest absolute Gasteiger partial charge is 0.493 e. The minimum absolute atomic E-state index is 0.0350. The minimum atomic E-state index is -1.20. The van der Waals surface area contributed by atoms with Gasteiger partial charge in [-0.2, -0.15) is 0 Å². The SMILES string of the molecule is COc1cc(NC(=O)Cc2cn3cc(Cl)ccc3n2)c(C(=O)O)cc1OC. The Morgan fingerprint density at radius 2 is 1.89 bits per heavy atom. The highest BCUT2D eigenvalue weighted by Crippen LogP contribution is 2.33. The molecule has 0 radical (unpaired) electrons. The number of nitrogens with zero attached hydrogens (tertiary/aromatic N) is 2. The molecule has 0 bridgehead atoms. The smallest absolute Gasteiger partial charge is 0.337 e. The van der Waals surface area contributed by atoms with Gasteiger partial charge in [0.15, 0.2) is 11.5 Å². The van der Waals surface area contributed by atoms with Gasteiger partial charge < -0.3 is 24.3 Å². The van der Waals surface area contributed by atoms with E-state index in [1.807, 2.05) is 0 Å². The van der Waals surface area contributed by atoms with Crippen molar-refractivity contribution in [3.8, 4) is 11.5 Å². The average molecular weight is 390 g/mol. The number of hydrogen-bond donors (Lipinski definition) is 2. The number of imidazole rings is 1. The van der Waals surface area contributed by atoms with E-state index in [1.54, 1.807) is 28.9 Å². The van der Waals surface area contributed by atoms with Crippen molar-refractivity contribution in [3.63, 3.8) is 0 Å². The molecule has 3 aromatic rings. The molecule has 3 rings (SSSR count). The summed E-state index contributed by atoms with van der Waals surface area (Å²) in [5.74, 6) is -1.06. The number of hydrogen-bond acceptors (Lipinski definition) is 5. The first-order valence-corrected chi connectivity index (χ1v) is 8.21. The number of rotatable bonds is 6. The zero-order chi connectivity index (χ0) is 19.6. The maximum atomic E-state index is 12.4. The number of pyridine rings is 1. The van der Waals surface area contributed by atoms with Crippen LogP contribution in [0.3, 0.4) is 0 Å². The number of carbonyl (C=O) groups is 2. The topological polar surface area (TPSA) is 102 Å². The third-order valence-electron chi connectivity index (χ3n) is 3.83. The van der Waals surface area contributed by atoms with Crippen LogP contribution >= 0.6 is 11.6 Å². The van der Waals surface area contributed by atoms with Gasteiger partial charge >= 0.3 is 5.97 Å². The number of anilines is 1. The van der Waals surface area contributed by atoms with Gasteiger partial charge in [0.2, 0.25) is 5.91 Å². The normalized spacial score (nSPS) is 10.6. The van der Waals surface area contributed by atoms with Gasteiger partial charge in [-0.1, -0.05) is 11.6 Å². The van der Waals surface area contributed by atoms with Gasteiger partial charge in [-0.25, -0.2) is 9.78 Å². The highest BCUT2D eigenvalue weighted by molar-refractivity contribution is 6.30. The highest BCUT2D eigenvalue weighted by Gasteiger charge is 2.18. The summed E-state index contributed by atoms with van der Waals surface area (Å²) >= 11 is 5.94. The summed E-state index contributed by atoms with van der Waals surface area (Å²) in [7, 11) is 2.82. The number of nitrogens with one attached hydrogen (secondary N) is 1. The van der Waals surface area contributed by atoms with Crippen molar-refractivity contribution in [2.24, 2.45) is 0 Å². The molecule has 2 heterocycles. The lowest BCUT2D eigenvalue weighted by molar-refractivity contribution is -0.115. The lowest BCUT2D eigenvalue weighted by atomic mass is 10.1. The molecule has 0 atom stereocenters. The van der Waals surface area contributed by atoms with Crippen LogP contribution in [0.25, 0.3) is 5.65 Å². The third kappa shape index (κ3) is 3.95. The van der Waals surface area contributed by atoms with Crippen LogP contribution in [-0.2, 0) is 11.2 Å². The first-order chi connectivity index (χ1) is 12.9. The van der Waals surface area contributed by atoms with E-state index in [4.69, 9.17) is 21.1 Å². The van der Waals surface area contributed by atoms with Crippen LogP contribution < -0.4 is 14.8 Å². The van der Waals surface area contributed by atoms with E-state index in [1.165, 1.54) is 26.4 Å². The molecule has 9 heteroatoms. The number of amides is 1. The van der Waals surface area contributed by atoms with Crippen molar-refractivity contribution >= 4 is 34.8 Å². The maximum absolute atomic E-state index is 12.4. The molecular weight excluding hydrogens is 374 g/mol. The van der Waals surface area contributed by atoms with Crippen LogP contribution in [0.2, 0.25) is 5.02 Å². The molecule has 27 heavy (non-hydrogen) atoms. The first kappa shape index (κ1) is 18.5. The standard InChI is InChI=1S/C18H16ClN3O5/c1-26-14-6-12(18(24)25)13(7-15(14)27-2)21-17(23)5-11-9-22-8-10(19)3-4-16(22)20-11/h3-4,6-9H,5H2,1-2H3,(H,21,23)(H,24,25). The second kappa shape index (κ2) is 7.55. The molecule has 0 spiro atoms. The Hall–Kier alpha value is -3.26. The molecule has 0 aliphatic rings. The van der Waals surface area contributed by atoms with Crippen LogP contribution in [0, 0.1) is 0 Å². The quantitative estimate of drug-likeness (QED) is 0.672. The van der Waals surface area contributed by atoms with Crippen molar-refractivity contribution in [2.75, 3.05) is 19.5 Å². The molecule has 0 aliphatic carbocycles. The summed E-state index contributed by atoms with van der Waals surface area (Å²) in [6.45, 7) is 0. The van der Waals surface area contributed by atoms with Crippen LogP contribution in [0.4, 0.5) is 5.69 Å². The monoisotopic (exact) mass is 389 g/mol. The van der Waals surface area contributed by atoms with Crippen molar-refractivity contribution in [2.45, 2.75) is 6.42 Å². The summed E-state index contributed by atoms with van der Waals surface area (Å²) in [6.07, 6.45) is 3.34. The van der Waals surface area contributed by atoms with Gasteiger partial charge in [0.25, 0.3) is 0 Å². The number of aromatic carboxylic acids is 1. The number of methoxy groups -OCH3 is 2. The second-order valence-corrected chi connectivity index (χ2v) is 6.06. The fourth-order valence-corrected chi connectivity index (χ4v) is 2.79. The summed E-state index contributed by atoms with van der Waals surface area (Å²) in [5, 5.41) is 12.5. The molecule has 0 unspecified atom stereocenters. The van der Waals surface area contributed by atoms with Crippen LogP contribution in [0.1, 0.15) is 16.1 Å². The van der Waals surface area contributed by atoms with E-state index in [9.17, 15) is 14.7 Å². The molecule has 140 valence electrons. The second-order valence-electron chi connectivity index (χ2n) is 5.63. The Labute approximate surface area is 159 Å². The van der Waals surface area contributed by atoms with Crippen molar-refractivity contribution in [1.82, 2.24) is 9.38 Å². The molecule has 1 amide bonds. The zero-order valence-electron chi connectivity index (χ0n) is 14.5. The average Bonchev–Trinajstić information content (AvgIpc) is 3.01. The number of aromatic nitrogens is 2. The van der Waals surface area contributed by atoms with Gasteiger partial charge in [0, 0.05) is 24.5 Å². The summed E-state index contributed by atoms with van der Waals surface area (Å²) < 4.78 is 12.0. The summed E-state index contributed by atoms with van der Waals surface area (Å²) in [5.41, 5.74) is 1.17. The van der Waals surface area contributed by atoms with Gasteiger partial charge in [0.1, 0.15) is 5.65 Å². The van der Waals surface area contributed by atoms with Crippen LogP contribution in [-0.4, -0.2) is 40.6 Å². The van der Waals surface area contributed by atoms with Crippen molar-refractivity contribution < 1.29 is 24.2 Å². The van der Waals surface area contributed by atoms with Crippen molar-refractivity contribution in [1.29, 1.82) is 0 Å². The van der Waals surface area contributed by atoms with E-state index in [-0.39, 0.29) is 23.4 Å². The maximum Gasteiger partial charge on any atom is 0.337 e. The molecule has 0 aliphatic heterocycles. The number of carbonyl (C=O) groups excluding carboxylic acids is 1. The summed E-state index contributed by atoms with van der Waals surface area (Å²) in [6, 6.07) is 6.14. The van der Waals surface area contributed by atoms with Gasteiger partial charge in [-0.05, 0) is 12.1 Å². The van der Waals surface area contributed by atoms with Gasteiger partial charge in [-0.15, -0.1) is 0 Å². The first-order valence-electron chi connectivity index (χ1n) is 7.83. The Morgan fingerprint density at radius 1 is 1.19 bits per heavy atom. The number of fused-ring (bicyclic) bond motifs is 1. The number of ether oxygens (including phenoxy) is 2. The number of carboxylic acid groups (broad SMARTS) is 1. The highest BCUT2D eigenvalue weighted by atomic mass is 35.5. The molecule has 0 saturated carbocycles. The lowest BCUT2D eigenvalue weighted by Gasteiger charge is -2.13. The fraction of sp³-hybridized carbons (Fsp3) is 0.167. The van der Waals surface area contributed by atoms with E-state index < -0.39 is 11.9 Å². The van der Waals surface area contributed by atoms with Crippen LogP contribution in [0.15, 0.2) is 36.7 Å². The van der Waals surface area contributed by atoms with Crippen molar-refractivity contribution in [3.05, 3.63) is 52.9 Å². The fourth-order valence-electron chi connectivity index (χ4n) is 2.62. The summed E-state index contributed by atoms with van der Waals surface area (Å²) in [4.78, 5) is 28.2. The number of carboxylic acids is 1. The zero-order valence-corrected chi connectivity index (χ0v) is 15.3. The van der Waals surface area contributed by atoms with E-state index in [2.05, 4.69) is 10.3 Å². The molecule has 2 N–H and O–H groups in total.